The molecule has 0 unspecified atom stereocenters. The molecule has 0 aliphatic carbocycles. The monoisotopic (exact) mass is 288 g/mol. The minimum atomic E-state index is -3.86. The highest BCUT2D eigenvalue weighted by Gasteiger charge is 2.13. The third kappa shape index (κ3) is 3.19. The second kappa shape index (κ2) is 5.79. The number of sulfone groups is 1. The standard InChI is InChI=1S/C15H12O4S/c16-11-20(18,19)14-8-6-12(7-9-14)10-15(17)13-4-2-1-3-5-13/h1-9,11H,10H2. The van der Waals surface area contributed by atoms with Crippen LogP contribution in [0.2, 0.25) is 0 Å². The summed E-state index contributed by atoms with van der Waals surface area (Å²) in [4.78, 5) is 22.3. The summed E-state index contributed by atoms with van der Waals surface area (Å²) < 4.78 is 22.6. The van der Waals surface area contributed by atoms with Gasteiger partial charge in [-0.3, -0.25) is 9.59 Å². The van der Waals surface area contributed by atoms with E-state index in [2.05, 4.69) is 0 Å². The summed E-state index contributed by atoms with van der Waals surface area (Å²) in [6, 6.07) is 14.6. The van der Waals surface area contributed by atoms with Crippen LogP contribution >= 0.6 is 0 Å². The summed E-state index contributed by atoms with van der Waals surface area (Å²) in [7, 11) is -3.86. The summed E-state index contributed by atoms with van der Waals surface area (Å²) in [5.74, 6) is -0.0448. The summed E-state index contributed by atoms with van der Waals surface area (Å²) in [5, 5.41) is 0. The van der Waals surface area contributed by atoms with Crippen LogP contribution in [0.1, 0.15) is 15.9 Å². The van der Waals surface area contributed by atoms with E-state index < -0.39 is 9.84 Å². The van der Waals surface area contributed by atoms with Crippen LogP contribution < -0.4 is 0 Å². The molecule has 0 amide bonds. The van der Waals surface area contributed by atoms with E-state index >= 15 is 0 Å². The zero-order chi connectivity index (χ0) is 14.6. The van der Waals surface area contributed by atoms with Gasteiger partial charge in [-0.2, -0.15) is 0 Å². The van der Waals surface area contributed by atoms with Gasteiger partial charge in [0.05, 0.1) is 4.90 Å². The molecule has 2 aromatic rings. The number of hydrogen-bond acceptors (Lipinski definition) is 4. The van der Waals surface area contributed by atoms with E-state index in [0.717, 1.165) is 0 Å². The molecule has 2 rings (SSSR count). The minimum absolute atomic E-state index is 0.0448. The Balaban J connectivity index is 2.16. The lowest BCUT2D eigenvalue weighted by atomic mass is 10.0. The second-order valence-corrected chi connectivity index (χ2v) is 6.01. The Bertz CT molecular complexity index is 716. The van der Waals surface area contributed by atoms with Crippen molar-refractivity contribution in [1.29, 1.82) is 0 Å². The lowest BCUT2D eigenvalue weighted by Crippen LogP contribution is -2.05. The largest absolute Gasteiger partial charge is 0.294 e. The van der Waals surface area contributed by atoms with E-state index in [1.54, 1.807) is 24.3 Å². The molecular weight excluding hydrogens is 276 g/mol. The normalized spacial score (nSPS) is 11.0. The van der Waals surface area contributed by atoms with Gasteiger partial charge in [0, 0.05) is 12.0 Å². The smallest absolute Gasteiger partial charge is 0.238 e. The van der Waals surface area contributed by atoms with E-state index in [1.165, 1.54) is 24.3 Å². The molecule has 0 saturated heterocycles. The number of Topliss-reactive ketones (excluding diaryl/α,β-unsaturated/α-hetero) is 1. The van der Waals surface area contributed by atoms with Crippen LogP contribution in [0, 0.1) is 0 Å². The van der Waals surface area contributed by atoms with E-state index in [9.17, 15) is 18.0 Å². The molecule has 20 heavy (non-hydrogen) atoms. The number of carbonyl (C=O) groups excluding carboxylic acids is 2. The van der Waals surface area contributed by atoms with Gasteiger partial charge < -0.3 is 0 Å². The number of carbonyl (C=O) groups is 2. The van der Waals surface area contributed by atoms with Crippen molar-refractivity contribution in [3.8, 4) is 0 Å². The number of benzene rings is 2. The van der Waals surface area contributed by atoms with E-state index in [-0.39, 0.29) is 22.7 Å². The first-order valence-corrected chi connectivity index (χ1v) is 7.45. The van der Waals surface area contributed by atoms with Crippen LogP contribution in [-0.2, 0) is 21.1 Å². The number of hydrogen-bond donors (Lipinski definition) is 0. The fourth-order valence-corrected chi connectivity index (χ4v) is 2.39. The van der Waals surface area contributed by atoms with E-state index in [4.69, 9.17) is 0 Å². The highest BCUT2D eigenvalue weighted by molar-refractivity contribution is 8.04. The fourth-order valence-electron chi connectivity index (χ4n) is 1.76. The lowest BCUT2D eigenvalue weighted by Gasteiger charge is -2.03. The Morgan fingerprint density at radius 3 is 2.10 bits per heavy atom. The summed E-state index contributed by atoms with van der Waals surface area (Å²) >= 11 is 0. The van der Waals surface area contributed by atoms with Gasteiger partial charge in [-0.05, 0) is 17.7 Å². The second-order valence-electron chi connectivity index (χ2n) is 4.25. The molecule has 0 atom stereocenters. The van der Waals surface area contributed by atoms with Gasteiger partial charge in [-0.1, -0.05) is 42.5 Å². The zero-order valence-electron chi connectivity index (χ0n) is 10.5. The molecular formula is C15H12O4S. The average Bonchev–Trinajstić information content (AvgIpc) is 2.48. The van der Waals surface area contributed by atoms with Crippen molar-refractivity contribution in [2.45, 2.75) is 11.3 Å². The Labute approximate surface area is 117 Å². The average molecular weight is 288 g/mol. The first-order chi connectivity index (χ1) is 9.53. The SMILES string of the molecule is O=CS(=O)(=O)c1ccc(CC(=O)c2ccccc2)cc1. The van der Waals surface area contributed by atoms with Crippen molar-refractivity contribution in [3.63, 3.8) is 0 Å². The molecule has 0 aliphatic heterocycles. The molecule has 5 heteroatoms. The van der Waals surface area contributed by atoms with Crippen molar-refractivity contribution in [1.82, 2.24) is 0 Å². The number of ketones is 1. The molecule has 0 aliphatic rings. The Hall–Kier alpha value is -2.27. The maximum Gasteiger partial charge on any atom is 0.238 e. The quantitative estimate of drug-likeness (QED) is 0.624. The van der Waals surface area contributed by atoms with Crippen molar-refractivity contribution in [3.05, 3.63) is 65.7 Å². The van der Waals surface area contributed by atoms with Gasteiger partial charge >= 0.3 is 0 Å². The van der Waals surface area contributed by atoms with Gasteiger partial charge in [0.1, 0.15) is 0 Å². The third-order valence-corrected chi connectivity index (χ3v) is 4.02. The molecule has 0 fully saturated rings. The molecule has 0 N–H and O–H groups in total. The molecule has 0 radical (unpaired) electrons. The van der Waals surface area contributed by atoms with Crippen molar-refractivity contribution in [2.75, 3.05) is 0 Å². The molecule has 0 aromatic heterocycles. The predicted octanol–water partition coefficient (Wildman–Crippen LogP) is 2.08. The van der Waals surface area contributed by atoms with E-state index in [1.807, 2.05) is 6.07 Å². The molecule has 4 nitrogen and oxygen atoms in total. The van der Waals surface area contributed by atoms with Gasteiger partial charge in [-0.15, -0.1) is 0 Å². The topological polar surface area (TPSA) is 68.3 Å². The van der Waals surface area contributed by atoms with Crippen molar-refractivity contribution in [2.24, 2.45) is 0 Å². The maximum absolute atomic E-state index is 12.0. The third-order valence-electron chi connectivity index (χ3n) is 2.84. The van der Waals surface area contributed by atoms with Gasteiger partial charge in [0.2, 0.25) is 15.5 Å². The molecule has 0 bridgehead atoms. The van der Waals surface area contributed by atoms with Gasteiger partial charge in [0.25, 0.3) is 0 Å². The van der Waals surface area contributed by atoms with Crippen molar-refractivity contribution < 1.29 is 18.0 Å². The van der Waals surface area contributed by atoms with Crippen LogP contribution in [0.25, 0.3) is 0 Å². The summed E-state index contributed by atoms with van der Waals surface area (Å²) in [6.07, 6.45) is 0.186. The van der Waals surface area contributed by atoms with Gasteiger partial charge in [0.15, 0.2) is 5.78 Å². The molecule has 0 spiro atoms. The zero-order valence-corrected chi connectivity index (χ0v) is 11.3. The highest BCUT2D eigenvalue weighted by Crippen LogP contribution is 2.13. The Morgan fingerprint density at radius 2 is 1.55 bits per heavy atom. The van der Waals surface area contributed by atoms with Crippen LogP contribution in [0.4, 0.5) is 0 Å². The van der Waals surface area contributed by atoms with Crippen LogP contribution in [0.5, 0.6) is 0 Å². The Kier molecular flexibility index (Phi) is 4.10. The number of rotatable bonds is 5. The van der Waals surface area contributed by atoms with Crippen molar-refractivity contribution >= 4 is 21.2 Å². The maximum atomic E-state index is 12.0. The lowest BCUT2D eigenvalue weighted by molar-refractivity contribution is 0.0993. The molecule has 0 heterocycles. The van der Waals surface area contributed by atoms with Crippen LogP contribution in [-0.4, -0.2) is 19.8 Å². The van der Waals surface area contributed by atoms with Gasteiger partial charge in [-0.25, -0.2) is 8.42 Å². The first-order valence-electron chi connectivity index (χ1n) is 5.90. The predicted molar refractivity (Wildman–Crippen MR) is 74.9 cm³/mol. The fraction of sp³-hybridized carbons (Fsp3) is 0.0667. The minimum Gasteiger partial charge on any atom is -0.294 e. The van der Waals surface area contributed by atoms with Crippen LogP contribution in [0.3, 0.4) is 0 Å². The molecule has 102 valence electrons. The summed E-state index contributed by atoms with van der Waals surface area (Å²) in [6.45, 7) is 0. The Morgan fingerprint density at radius 1 is 0.950 bits per heavy atom. The molecule has 0 saturated carbocycles. The highest BCUT2D eigenvalue weighted by atomic mass is 32.2. The van der Waals surface area contributed by atoms with Crippen LogP contribution in [0.15, 0.2) is 59.5 Å². The summed E-state index contributed by atoms with van der Waals surface area (Å²) in [5.41, 5.74) is 1.22. The first kappa shape index (κ1) is 14.1. The van der Waals surface area contributed by atoms with E-state index in [0.29, 0.717) is 11.1 Å². The molecule has 2 aromatic carbocycles.